The summed E-state index contributed by atoms with van der Waals surface area (Å²) in [5, 5.41) is 0. The van der Waals surface area contributed by atoms with Crippen LogP contribution in [0.25, 0.3) is 0 Å². The molecule has 0 unspecified atom stereocenters. The molecule has 0 aromatic heterocycles. The zero-order chi connectivity index (χ0) is 2.00. The fourth-order valence-electron chi connectivity index (χ4n) is 0. The average molecular weight is 70.1 g/mol. The predicted molar refractivity (Wildman–Crippen MR) is 14.5 cm³/mol. The molecule has 0 bridgehead atoms. The van der Waals surface area contributed by atoms with Crippen molar-refractivity contribution < 1.29 is 10.2 Å². The van der Waals surface area contributed by atoms with E-state index in [2.05, 4.69) is 11.7 Å². The summed E-state index contributed by atoms with van der Waals surface area (Å²) in [6.07, 6.45) is 0. The molecule has 0 spiro atoms. The van der Waals surface area contributed by atoms with Gasteiger partial charge in [0, 0.05) is 0 Å². The first-order chi connectivity index (χ1) is 1.00. The molecule has 30 valence electrons. The molecule has 0 aliphatic rings. The summed E-state index contributed by atoms with van der Waals surface area (Å²) in [6.45, 7) is 0. The molecule has 0 fully saturated rings. The van der Waals surface area contributed by atoms with Gasteiger partial charge in [0.1, 0.15) is 0 Å². The molecule has 3 nitrogen and oxygen atoms in total. The lowest BCUT2D eigenvalue weighted by Crippen LogP contribution is -2.02. The number of hydrogen-bond donors (Lipinski definition) is 2. The molecular formula is H7FN2O. The second-order valence-electron chi connectivity index (χ2n) is 0. The number of hydrogen-bond acceptors (Lipinski definition) is 2. The van der Waals surface area contributed by atoms with Crippen LogP contribution in [-0.2, 0) is 0 Å². The fraction of sp³-hybridized carbons (Fsp3) is 0. The minimum absolute atomic E-state index is 0. The number of nitrogens with two attached hydrogens (primary N) is 2. The lowest BCUT2D eigenvalue weighted by atomic mass is 13.0. The molecule has 0 heterocycles. The fourth-order valence-corrected chi connectivity index (χ4v) is 0. The van der Waals surface area contributed by atoms with Gasteiger partial charge in [-0.25, -0.2) is 0 Å². The molecule has 4 heavy (non-hydrogen) atoms. The molecule has 0 aliphatic heterocycles. The molecule has 0 aromatic rings. The van der Waals surface area contributed by atoms with Crippen molar-refractivity contribution in [3.8, 4) is 0 Å². The van der Waals surface area contributed by atoms with E-state index in [0.717, 1.165) is 0 Å². The van der Waals surface area contributed by atoms with Crippen molar-refractivity contribution >= 4 is 0 Å². The van der Waals surface area contributed by atoms with Crippen molar-refractivity contribution in [2.45, 2.75) is 0 Å². The van der Waals surface area contributed by atoms with E-state index in [1.807, 2.05) is 0 Å². The van der Waals surface area contributed by atoms with Crippen LogP contribution in [0, 0.1) is 0 Å². The van der Waals surface area contributed by atoms with Crippen LogP contribution in [0.15, 0.2) is 0 Å². The summed E-state index contributed by atoms with van der Waals surface area (Å²) < 4.78 is 0. The van der Waals surface area contributed by atoms with E-state index in [1.54, 1.807) is 0 Å². The molecule has 0 amide bonds. The normalized spacial score (nSPS) is 1.50. The molecule has 0 saturated carbocycles. The monoisotopic (exact) mass is 70.1 g/mol. The Kier molecular flexibility index (Phi) is 2920. The predicted octanol–water partition coefficient (Wildman–Crippen LogP) is -1.85. The minimum atomic E-state index is 0. The van der Waals surface area contributed by atoms with Crippen molar-refractivity contribution in [1.29, 1.82) is 0 Å². The lowest BCUT2D eigenvalue weighted by Gasteiger charge is -1.27. The quantitative estimate of drug-likeness (QED) is 0.259. The standard InChI is InChI=1S/FH.H4N2.H2O/c;1-2;/h1H;1-2H2;1H2. The van der Waals surface area contributed by atoms with Crippen LogP contribution in [-0.4, -0.2) is 5.48 Å². The van der Waals surface area contributed by atoms with Gasteiger partial charge in [-0.1, -0.05) is 0 Å². The second kappa shape index (κ2) is 255. The van der Waals surface area contributed by atoms with E-state index < -0.39 is 0 Å². The van der Waals surface area contributed by atoms with Crippen LogP contribution in [0.2, 0.25) is 0 Å². The zero-order valence-corrected chi connectivity index (χ0v) is 2.06. The molecule has 0 radical (unpaired) electrons. The number of rotatable bonds is 0. The summed E-state index contributed by atoms with van der Waals surface area (Å²) in [7, 11) is 0. The molecular weight excluding hydrogens is 63.0 g/mol. The van der Waals surface area contributed by atoms with Gasteiger partial charge in [0.15, 0.2) is 0 Å². The first-order valence-corrected chi connectivity index (χ1v) is 0.333. The first-order valence-electron chi connectivity index (χ1n) is 0.333. The van der Waals surface area contributed by atoms with Crippen LogP contribution < -0.4 is 11.7 Å². The van der Waals surface area contributed by atoms with Crippen molar-refractivity contribution in [2.75, 3.05) is 0 Å². The van der Waals surface area contributed by atoms with E-state index in [0.29, 0.717) is 0 Å². The third-order valence-electron chi connectivity index (χ3n) is 0. The zero-order valence-electron chi connectivity index (χ0n) is 2.06. The maximum Gasteiger partial charge on any atom is -0.269 e. The number of halogens is 1. The van der Waals surface area contributed by atoms with E-state index in [1.165, 1.54) is 0 Å². The number of hydrazine groups is 1. The largest absolute Gasteiger partial charge is 0.412 e. The van der Waals surface area contributed by atoms with E-state index in [9.17, 15) is 0 Å². The second-order valence-corrected chi connectivity index (χ2v) is 0. The highest BCUT2D eigenvalue weighted by atomic mass is 19.0. The molecule has 0 aromatic carbocycles. The Morgan fingerprint density at radius 2 is 1.00 bits per heavy atom. The van der Waals surface area contributed by atoms with Crippen molar-refractivity contribution in [3.63, 3.8) is 0 Å². The van der Waals surface area contributed by atoms with Crippen molar-refractivity contribution in [1.82, 2.24) is 0 Å². The SMILES string of the molecule is F.NN.O. The third-order valence-corrected chi connectivity index (χ3v) is 0. The van der Waals surface area contributed by atoms with Gasteiger partial charge in [-0.2, -0.15) is 0 Å². The van der Waals surface area contributed by atoms with E-state index >= 15 is 0 Å². The van der Waals surface area contributed by atoms with Crippen LogP contribution in [0.1, 0.15) is 0 Å². The Labute approximate surface area is 23.2 Å². The Morgan fingerprint density at radius 1 is 1.00 bits per heavy atom. The van der Waals surface area contributed by atoms with Crippen LogP contribution in [0.4, 0.5) is 4.70 Å². The van der Waals surface area contributed by atoms with Gasteiger partial charge in [0.2, 0.25) is 0 Å². The Balaban J connectivity index is -0.00000000500. The highest BCUT2D eigenvalue weighted by molar-refractivity contribution is 3.26. The molecule has 0 saturated heterocycles. The van der Waals surface area contributed by atoms with Gasteiger partial charge in [-0.3, -0.25) is 16.4 Å². The highest BCUT2D eigenvalue weighted by Crippen LogP contribution is 0.420. The van der Waals surface area contributed by atoms with E-state index in [4.69, 9.17) is 0 Å². The minimum Gasteiger partial charge on any atom is -0.412 e. The molecule has 4 heteroatoms. The Hall–Kier alpha value is -0.190. The van der Waals surface area contributed by atoms with Gasteiger partial charge in [0.05, 0.1) is 0 Å². The maximum atomic E-state index is 4.00. The molecule has 0 atom stereocenters. The molecule has 6 N–H and O–H groups in total. The highest BCUT2D eigenvalue weighted by Gasteiger charge is 0.726. The van der Waals surface area contributed by atoms with Crippen molar-refractivity contribution in [3.05, 3.63) is 0 Å². The first kappa shape index (κ1) is 45.9. The molecule has 0 rings (SSSR count). The summed E-state index contributed by atoms with van der Waals surface area (Å²) in [5.41, 5.74) is 0. The van der Waals surface area contributed by atoms with Gasteiger partial charge >= 0.3 is 0 Å². The van der Waals surface area contributed by atoms with Gasteiger partial charge in [-0.15, -0.1) is 0 Å². The van der Waals surface area contributed by atoms with Crippen molar-refractivity contribution in [2.24, 2.45) is 11.7 Å². The summed E-state index contributed by atoms with van der Waals surface area (Å²) >= 11 is 0. The Bertz CT molecular complexity index is 6.00. The topological polar surface area (TPSA) is 83.5 Å². The van der Waals surface area contributed by atoms with Crippen LogP contribution in [0.3, 0.4) is 0 Å². The van der Waals surface area contributed by atoms with Crippen LogP contribution in [0.5, 0.6) is 0 Å². The summed E-state index contributed by atoms with van der Waals surface area (Å²) in [5.74, 6) is 8.00. The van der Waals surface area contributed by atoms with Gasteiger partial charge in [0.25, 0.3) is 0 Å². The molecule has 0 aliphatic carbocycles. The van der Waals surface area contributed by atoms with E-state index in [-0.39, 0.29) is 10.2 Å². The smallest absolute Gasteiger partial charge is 0.269 e. The van der Waals surface area contributed by atoms with Gasteiger partial charge < -0.3 is 5.48 Å². The average Bonchev–Trinajstić information content (AvgIpc) is 1.00. The summed E-state index contributed by atoms with van der Waals surface area (Å²) in [4.78, 5) is 0. The van der Waals surface area contributed by atoms with Gasteiger partial charge in [-0.05, 0) is 0 Å². The summed E-state index contributed by atoms with van der Waals surface area (Å²) in [6, 6.07) is 0. The third kappa shape index (κ3) is 32.9. The van der Waals surface area contributed by atoms with Crippen LogP contribution >= 0.6 is 0 Å². The Morgan fingerprint density at radius 3 is 1.00 bits per heavy atom. The lowest BCUT2D eigenvalue weighted by molar-refractivity contribution is 0.824. The maximum absolute atomic E-state index is 4.00.